The van der Waals surface area contributed by atoms with E-state index in [1.807, 2.05) is 0 Å². The van der Waals surface area contributed by atoms with Crippen LogP contribution < -0.4 is 0 Å². The summed E-state index contributed by atoms with van der Waals surface area (Å²) < 4.78 is 41.0. The lowest BCUT2D eigenvalue weighted by Crippen LogP contribution is -2.42. The van der Waals surface area contributed by atoms with E-state index >= 15 is 0 Å². The molecule has 2 rings (SSSR count). The summed E-state index contributed by atoms with van der Waals surface area (Å²) in [5.74, 6) is -2.48. The van der Waals surface area contributed by atoms with Crippen molar-refractivity contribution < 1.29 is 27.8 Å². The van der Waals surface area contributed by atoms with Crippen LogP contribution >= 0.6 is 0 Å². The van der Waals surface area contributed by atoms with Crippen LogP contribution in [0.5, 0.6) is 0 Å². The van der Waals surface area contributed by atoms with Crippen LogP contribution in [0.1, 0.15) is 44.9 Å². The van der Waals surface area contributed by atoms with Gasteiger partial charge >= 0.3 is 12.1 Å². The molecule has 0 aromatic rings. The molecule has 0 aliphatic heterocycles. The first kappa shape index (κ1) is 13.6. The number of alkyl halides is 3. The van der Waals surface area contributed by atoms with Gasteiger partial charge in [0.05, 0.1) is 5.60 Å². The predicted molar refractivity (Wildman–Crippen MR) is 56.7 cm³/mol. The maximum Gasteiger partial charge on any atom is 0.490 e. The third-order valence-electron chi connectivity index (χ3n) is 4.10. The van der Waals surface area contributed by atoms with Crippen LogP contribution in [0.25, 0.3) is 0 Å². The number of hydrogen-bond donors (Lipinski definition) is 1. The van der Waals surface area contributed by atoms with Crippen molar-refractivity contribution in [2.75, 3.05) is 0 Å². The molecule has 0 spiro atoms. The Labute approximate surface area is 103 Å². The molecule has 0 amide bonds. The Kier molecular flexibility index (Phi) is 3.58. The first-order valence-corrected chi connectivity index (χ1v) is 6.33. The molecular weight excluding hydrogens is 249 g/mol. The molecule has 2 unspecified atom stereocenters. The van der Waals surface area contributed by atoms with E-state index in [2.05, 4.69) is 4.74 Å². The van der Waals surface area contributed by atoms with E-state index in [1.54, 1.807) is 0 Å². The number of ether oxygens (including phenoxy) is 1. The molecule has 2 aliphatic carbocycles. The maximum absolute atomic E-state index is 12.2. The summed E-state index contributed by atoms with van der Waals surface area (Å²) in [6, 6.07) is 0. The number of hydrogen-bond acceptors (Lipinski definition) is 3. The normalized spacial score (nSPS) is 31.6. The van der Waals surface area contributed by atoms with E-state index < -0.39 is 23.9 Å². The topological polar surface area (TPSA) is 46.5 Å². The van der Waals surface area contributed by atoms with E-state index in [4.69, 9.17) is 0 Å². The van der Waals surface area contributed by atoms with Crippen molar-refractivity contribution in [3.8, 4) is 0 Å². The maximum atomic E-state index is 12.2. The van der Waals surface area contributed by atoms with Gasteiger partial charge in [-0.15, -0.1) is 0 Å². The Morgan fingerprint density at radius 1 is 1.17 bits per heavy atom. The van der Waals surface area contributed by atoms with Crippen LogP contribution in [-0.2, 0) is 9.53 Å². The van der Waals surface area contributed by atoms with Gasteiger partial charge in [0.15, 0.2) is 0 Å². The summed E-state index contributed by atoms with van der Waals surface area (Å²) in [6.45, 7) is 0. The second kappa shape index (κ2) is 4.72. The zero-order valence-electron chi connectivity index (χ0n) is 10.0. The molecule has 2 fully saturated rings. The summed E-state index contributed by atoms with van der Waals surface area (Å²) in [5.41, 5.74) is -0.937. The fourth-order valence-electron chi connectivity index (χ4n) is 3.24. The molecule has 0 saturated heterocycles. The molecule has 18 heavy (non-hydrogen) atoms. The standard InChI is InChI=1S/C12H17F3O3/c13-12(14,15)10(16)18-9-5-3-4-8(9)11(17)6-1-2-7-11/h8-9,17H,1-7H2. The third-order valence-corrected chi connectivity index (χ3v) is 4.10. The van der Waals surface area contributed by atoms with Gasteiger partial charge in [0.25, 0.3) is 0 Å². The van der Waals surface area contributed by atoms with Gasteiger partial charge in [0, 0.05) is 5.92 Å². The van der Waals surface area contributed by atoms with Gasteiger partial charge in [0.1, 0.15) is 6.10 Å². The predicted octanol–water partition coefficient (Wildman–Crippen LogP) is 2.57. The van der Waals surface area contributed by atoms with Gasteiger partial charge in [-0.05, 0) is 32.1 Å². The lowest BCUT2D eigenvalue weighted by atomic mass is 9.83. The molecule has 0 aromatic heterocycles. The quantitative estimate of drug-likeness (QED) is 0.781. The lowest BCUT2D eigenvalue weighted by molar-refractivity contribution is -0.209. The van der Waals surface area contributed by atoms with Crippen LogP contribution in [0.3, 0.4) is 0 Å². The van der Waals surface area contributed by atoms with E-state index in [0.29, 0.717) is 32.1 Å². The van der Waals surface area contributed by atoms with Gasteiger partial charge in [0.2, 0.25) is 0 Å². The summed E-state index contributed by atoms with van der Waals surface area (Å²) in [4.78, 5) is 10.9. The lowest BCUT2D eigenvalue weighted by Gasteiger charge is -2.33. The molecule has 0 heterocycles. The smallest absolute Gasteiger partial charge is 0.455 e. The monoisotopic (exact) mass is 266 g/mol. The summed E-state index contributed by atoms with van der Waals surface area (Å²) in [5, 5.41) is 10.4. The Hall–Kier alpha value is -0.780. The minimum atomic E-state index is -4.95. The van der Waals surface area contributed by atoms with Crippen LogP contribution in [0.4, 0.5) is 13.2 Å². The average molecular weight is 266 g/mol. The molecule has 0 radical (unpaired) electrons. The zero-order valence-corrected chi connectivity index (χ0v) is 10.0. The number of carbonyl (C=O) groups is 1. The van der Waals surface area contributed by atoms with Gasteiger partial charge < -0.3 is 9.84 Å². The minimum absolute atomic E-state index is 0.341. The molecule has 2 saturated carbocycles. The molecule has 0 bridgehead atoms. The SMILES string of the molecule is O=C(OC1CCCC1C1(O)CCCC1)C(F)(F)F. The number of halogens is 3. The van der Waals surface area contributed by atoms with Crippen molar-refractivity contribution in [2.45, 2.75) is 62.8 Å². The summed E-state index contributed by atoms with van der Waals surface area (Å²) in [7, 11) is 0. The van der Waals surface area contributed by atoms with E-state index in [1.165, 1.54) is 0 Å². The highest BCUT2D eigenvalue weighted by Crippen LogP contribution is 2.45. The van der Waals surface area contributed by atoms with E-state index in [9.17, 15) is 23.1 Å². The van der Waals surface area contributed by atoms with Crippen molar-refractivity contribution in [1.29, 1.82) is 0 Å². The molecule has 2 atom stereocenters. The van der Waals surface area contributed by atoms with Gasteiger partial charge in [-0.25, -0.2) is 4.79 Å². The third kappa shape index (κ3) is 2.63. The highest BCUT2D eigenvalue weighted by atomic mass is 19.4. The zero-order chi connectivity index (χ0) is 13.4. The fourth-order valence-corrected chi connectivity index (χ4v) is 3.24. The fraction of sp³-hybridized carbons (Fsp3) is 0.917. The highest BCUT2D eigenvalue weighted by Gasteiger charge is 2.50. The molecule has 0 aromatic carbocycles. The highest BCUT2D eigenvalue weighted by molar-refractivity contribution is 5.75. The molecule has 2 aliphatic rings. The summed E-state index contributed by atoms with van der Waals surface area (Å²) in [6.07, 6.45) is -1.05. The number of esters is 1. The number of aliphatic hydroxyl groups is 1. The average Bonchev–Trinajstić information content (AvgIpc) is 2.86. The Bertz CT molecular complexity index is 321. The second-order valence-electron chi connectivity index (χ2n) is 5.29. The number of rotatable bonds is 2. The van der Waals surface area contributed by atoms with Crippen LogP contribution in [0, 0.1) is 5.92 Å². The van der Waals surface area contributed by atoms with Crippen molar-refractivity contribution in [2.24, 2.45) is 5.92 Å². The first-order chi connectivity index (χ1) is 8.33. The Balaban J connectivity index is 2.02. The second-order valence-corrected chi connectivity index (χ2v) is 5.29. The molecule has 6 heteroatoms. The minimum Gasteiger partial charge on any atom is -0.455 e. The van der Waals surface area contributed by atoms with Gasteiger partial charge in [-0.3, -0.25) is 0 Å². The van der Waals surface area contributed by atoms with Crippen LogP contribution in [-0.4, -0.2) is 29.0 Å². The Morgan fingerprint density at radius 2 is 1.78 bits per heavy atom. The van der Waals surface area contributed by atoms with Gasteiger partial charge in [-0.2, -0.15) is 13.2 Å². The first-order valence-electron chi connectivity index (χ1n) is 6.33. The van der Waals surface area contributed by atoms with Crippen molar-refractivity contribution in [1.82, 2.24) is 0 Å². The van der Waals surface area contributed by atoms with Crippen molar-refractivity contribution >= 4 is 5.97 Å². The summed E-state index contributed by atoms with van der Waals surface area (Å²) >= 11 is 0. The Morgan fingerprint density at radius 3 is 2.33 bits per heavy atom. The van der Waals surface area contributed by atoms with Crippen LogP contribution in [0.2, 0.25) is 0 Å². The molecule has 3 nitrogen and oxygen atoms in total. The van der Waals surface area contributed by atoms with E-state index in [-0.39, 0.29) is 5.92 Å². The largest absolute Gasteiger partial charge is 0.490 e. The molecule has 104 valence electrons. The number of carbonyl (C=O) groups excluding carboxylic acids is 1. The van der Waals surface area contributed by atoms with Crippen molar-refractivity contribution in [3.63, 3.8) is 0 Å². The molecular formula is C12H17F3O3. The van der Waals surface area contributed by atoms with Crippen molar-refractivity contribution in [3.05, 3.63) is 0 Å². The van der Waals surface area contributed by atoms with E-state index in [0.717, 1.165) is 12.8 Å². The molecule has 1 N–H and O–H groups in total. The van der Waals surface area contributed by atoms with Gasteiger partial charge in [-0.1, -0.05) is 12.8 Å². The van der Waals surface area contributed by atoms with Crippen LogP contribution in [0.15, 0.2) is 0 Å².